The highest BCUT2D eigenvalue weighted by atomic mass is 15.3. The summed E-state index contributed by atoms with van der Waals surface area (Å²) in [5.74, 6) is 2.10. The quantitative estimate of drug-likeness (QED) is 0.734. The van der Waals surface area contributed by atoms with Gasteiger partial charge in [0.15, 0.2) is 5.82 Å². The summed E-state index contributed by atoms with van der Waals surface area (Å²) in [7, 11) is 0. The molecular weight excluding hydrogens is 224 g/mol. The zero-order valence-electron chi connectivity index (χ0n) is 12.4. The minimum Gasteiger partial charge on any atom is -0.314 e. The van der Waals surface area contributed by atoms with Crippen LogP contribution in [0, 0.1) is 0 Å². The van der Waals surface area contributed by atoms with Crippen molar-refractivity contribution < 1.29 is 0 Å². The van der Waals surface area contributed by atoms with Crippen LogP contribution in [-0.2, 0) is 19.4 Å². The van der Waals surface area contributed by atoms with Gasteiger partial charge < -0.3 is 5.32 Å². The number of nitrogens with zero attached hydrogens (tertiary/aromatic N) is 3. The Morgan fingerprint density at radius 3 is 2.61 bits per heavy atom. The molecule has 0 aliphatic carbocycles. The summed E-state index contributed by atoms with van der Waals surface area (Å²) in [5, 5.41) is 8.06. The van der Waals surface area contributed by atoms with Crippen LogP contribution in [-0.4, -0.2) is 27.4 Å². The highest BCUT2D eigenvalue weighted by Gasteiger charge is 2.07. The molecule has 0 aliphatic heterocycles. The molecule has 1 heterocycles. The predicted octanol–water partition coefficient (Wildman–Crippen LogP) is 2.57. The van der Waals surface area contributed by atoms with E-state index in [2.05, 4.69) is 47.8 Å². The topological polar surface area (TPSA) is 42.7 Å². The number of rotatable bonds is 9. The molecule has 0 saturated carbocycles. The molecule has 0 aliphatic rings. The molecule has 4 heteroatoms. The molecule has 1 unspecified atom stereocenters. The number of aryl methyl sites for hydroxylation is 3. The monoisotopic (exact) mass is 252 g/mol. The van der Waals surface area contributed by atoms with Crippen molar-refractivity contribution in [3.63, 3.8) is 0 Å². The second-order valence-corrected chi connectivity index (χ2v) is 4.87. The maximum atomic E-state index is 4.54. The third-order valence-electron chi connectivity index (χ3n) is 3.17. The van der Waals surface area contributed by atoms with Crippen molar-refractivity contribution in [3.8, 4) is 0 Å². The number of hydrogen-bond donors (Lipinski definition) is 1. The zero-order valence-corrected chi connectivity index (χ0v) is 12.4. The van der Waals surface area contributed by atoms with Crippen molar-refractivity contribution in [2.75, 3.05) is 6.54 Å². The van der Waals surface area contributed by atoms with Gasteiger partial charge >= 0.3 is 0 Å². The molecule has 0 radical (unpaired) electrons. The van der Waals surface area contributed by atoms with Gasteiger partial charge in [-0.15, -0.1) is 0 Å². The Bertz CT molecular complexity index is 333. The molecule has 4 nitrogen and oxygen atoms in total. The third-order valence-corrected chi connectivity index (χ3v) is 3.17. The van der Waals surface area contributed by atoms with E-state index in [0.29, 0.717) is 6.04 Å². The fourth-order valence-electron chi connectivity index (χ4n) is 2.06. The van der Waals surface area contributed by atoms with E-state index in [0.717, 1.165) is 44.0 Å². The van der Waals surface area contributed by atoms with Crippen molar-refractivity contribution in [1.29, 1.82) is 0 Å². The summed E-state index contributed by atoms with van der Waals surface area (Å²) in [6.07, 6.45) is 5.46. The Kier molecular flexibility index (Phi) is 6.94. The average Bonchev–Trinajstić information content (AvgIpc) is 2.79. The maximum Gasteiger partial charge on any atom is 0.150 e. The van der Waals surface area contributed by atoms with Gasteiger partial charge in [0.05, 0.1) is 0 Å². The first kappa shape index (κ1) is 15.2. The zero-order chi connectivity index (χ0) is 13.4. The van der Waals surface area contributed by atoms with Crippen molar-refractivity contribution in [1.82, 2.24) is 20.1 Å². The minimum atomic E-state index is 0.601. The lowest BCUT2D eigenvalue weighted by Crippen LogP contribution is -2.26. The lowest BCUT2D eigenvalue weighted by molar-refractivity contribution is 0.456. The highest BCUT2D eigenvalue weighted by Crippen LogP contribution is 2.05. The molecule has 0 spiro atoms. The molecule has 1 N–H and O–H groups in total. The van der Waals surface area contributed by atoms with Crippen molar-refractivity contribution in [2.24, 2.45) is 0 Å². The van der Waals surface area contributed by atoms with Crippen LogP contribution in [0.3, 0.4) is 0 Å². The van der Waals surface area contributed by atoms with E-state index in [1.54, 1.807) is 0 Å². The number of aromatic nitrogens is 3. The van der Waals surface area contributed by atoms with E-state index in [1.165, 1.54) is 12.8 Å². The molecule has 0 amide bonds. The van der Waals surface area contributed by atoms with E-state index in [4.69, 9.17) is 0 Å². The van der Waals surface area contributed by atoms with Gasteiger partial charge in [-0.05, 0) is 32.7 Å². The fourth-order valence-corrected chi connectivity index (χ4v) is 2.06. The van der Waals surface area contributed by atoms with Gasteiger partial charge in [-0.1, -0.05) is 20.8 Å². The van der Waals surface area contributed by atoms with E-state index >= 15 is 0 Å². The van der Waals surface area contributed by atoms with Crippen molar-refractivity contribution >= 4 is 0 Å². The van der Waals surface area contributed by atoms with E-state index in [1.807, 2.05) is 0 Å². The van der Waals surface area contributed by atoms with Crippen LogP contribution in [0.25, 0.3) is 0 Å². The standard InChI is InChI=1S/C14H28N4/c1-5-10-15-12(4)9-8-11-18-14(7-3)16-13(6-2)17-18/h12,15H,5-11H2,1-4H3. The molecule has 1 aromatic heterocycles. The first-order chi connectivity index (χ1) is 8.71. The summed E-state index contributed by atoms with van der Waals surface area (Å²) >= 11 is 0. The van der Waals surface area contributed by atoms with Crippen LogP contribution < -0.4 is 5.32 Å². The summed E-state index contributed by atoms with van der Waals surface area (Å²) < 4.78 is 2.09. The molecule has 0 saturated heterocycles. The van der Waals surface area contributed by atoms with Gasteiger partial charge in [-0.25, -0.2) is 9.67 Å². The molecule has 0 aromatic carbocycles. The van der Waals surface area contributed by atoms with Crippen LogP contribution in [0.5, 0.6) is 0 Å². The Labute approximate surface area is 111 Å². The van der Waals surface area contributed by atoms with Crippen molar-refractivity contribution in [3.05, 3.63) is 11.6 Å². The second kappa shape index (κ2) is 8.25. The average molecular weight is 252 g/mol. The predicted molar refractivity (Wildman–Crippen MR) is 75.8 cm³/mol. The van der Waals surface area contributed by atoms with E-state index in [9.17, 15) is 0 Å². The molecule has 1 rings (SSSR count). The summed E-state index contributed by atoms with van der Waals surface area (Å²) in [6, 6.07) is 0.601. The SMILES string of the molecule is CCCNC(C)CCCn1nc(CC)nc1CC. The van der Waals surface area contributed by atoms with Gasteiger partial charge in [0.2, 0.25) is 0 Å². The Balaban J connectivity index is 2.36. The molecule has 18 heavy (non-hydrogen) atoms. The van der Waals surface area contributed by atoms with Crippen LogP contribution in [0.4, 0.5) is 0 Å². The minimum absolute atomic E-state index is 0.601. The fraction of sp³-hybridized carbons (Fsp3) is 0.857. The maximum absolute atomic E-state index is 4.54. The van der Waals surface area contributed by atoms with Gasteiger partial charge in [0.25, 0.3) is 0 Å². The number of hydrogen-bond acceptors (Lipinski definition) is 3. The van der Waals surface area contributed by atoms with E-state index < -0.39 is 0 Å². The normalized spacial score (nSPS) is 12.9. The van der Waals surface area contributed by atoms with Crippen molar-refractivity contribution in [2.45, 2.75) is 72.4 Å². The summed E-state index contributed by atoms with van der Waals surface area (Å²) in [6.45, 7) is 10.8. The van der Waals surface area contributed by atoms with Crippen LogP contribution in [0.1, 0.15) is 58.6 Å². The van der Waals surface area contributed by atoms with Crippen LogP contribution in [0.15, 0.2) is 0 Å². The molecular formula is C14H28N4. The molecule has 1 aromatic rings. The second-order valence-electron chi connectivity index (χ2n) is 4.87. The van der Waals surface area contributed by atoms with E-state index in [-0.39, 0.29) is 0 Å². The van der Waals surface area contributed by atoms with Gasteiger partial charge in [0, 0.05) is 25.4 Å². The van der Waals surface area contributed by atoms with Gasteiger partial charge in [0.1, 0.15) is 5.82 Å². The molecule has 1 atom stereocenters. The first-order valence-electron chi connectivity index (χ1n) is 7.37. The third kappa shape index (κ3) is 4.77. The first-order valence-corrected chi connectivity index (χ1v) is 7.37. The Morgan fingerprint density at radius 2 is 2.00 bits per heavy atom. The van der Waals surface area contributed by atoms with Gasteiger partial charge in [-0.2, -0.15) is 5.10 Å². The lowest BCUT2D eigenvalue weighted by Gasteiger charge is -2.13. The molecule has 0 fully saturated rings. The highest BCUT2D eigenvalue weighted by molar-refractivity contribution is 4.92. The van der Waals surface area contributed by atoms with Crippen LogP contribution >= 0.6 is 0 Å². The van der Waals surface area contributed by atoms with Gasteiger partial charge in [-0.3, -0.25) is 0 Å². The summed E-state index contributed by atoms with van der Waals surface area (Å²) in [5.41, 5.74) is 0. The lowest BCUT2D eigenvalue weighted by atomic mass is 10.2. The molecule has 104 valence electrons. The Hall–Kier alpha value is -0.900. The largest absolute Gasteiger partial charge is 0.314 e. The smallest absolute Gasteiger partial charge is 0.150 e. The Morgan fingerprint density at radius 1 is 1.22 bits per heavy atom. The summed E-state index contributed by atoms with van der Waals surface area (Å²) in [4.78, 5) is 4.53. The molecule has 0 bridgehead atoms. The number of nitrogens with one attached hydrogen (secondary N) is 1. The van der Waals surface area contributed by atoms with Crippen LogP contribution in [0.2, 0.25) is 0 Å².